The lowest BCUT2D eigenvalue weighted by Gasteiger charge is -2.67. The van der Waals surface area contributed by atoms with Gasteiger partial charge in [-0.05, 0) is 60.7 Å². The fourth-order valence-electron chi connectivity index (χ4n) is 6.71. The predicted molar refractivity (Wildman–Crippen MR) is 83.6 cm³/mol. The zero-order chi connectivity index (χ0) is 14.0. The molecule has 1 aromatic rings. The Bertz CT molecular complexity index is 491. The van der Waals surface area contributed by atoms with E-state index >= 15 is 0 Å². The van der Waals surface area contributed by atoms with E-state index in [1.807, 2.05) is 6.20 Å². The number of hydrogen-bond donors (Lipinski definition) is 1. The van der Waals surface area contributed by atoms with Gasteiger partial charge in [0, 0.05) is 24.0 Å². The lowest BCUT2D eigenvalue weighted by atomic mass is 9.39. The van der Waals surface area contributed by atoms with Crippen LogP contribution in [-0.2, 0) is 6.42 Å². The van der Waals surface area contributed by atoms with Gasteiger partial charge in [-0.15, -0.1) is 11.3 Å². The van der Waals surface area contributed by atoms with Gasteiger partial charge >= 0.3 is 0 Å². The molecule has 1 heterocycles. The summed E-state index contributed by atoms with van der Waals surface area (Å²) in [6.07, 6.45) is 11.3. The van der Waals surface area contributed by atoms with Crippen LogP contribution in [0.1, 0.15) is 57.4 Å². The van der Waals surface area contributed by atoms with Gasteiger partial charge in [0.1, 0.15) is 0 Å². The van der Waals surface area contributed by atoms with Gasteiger partial charge in [-0.2, -0.15) is 0 Å². The fourth-order valence-corrected chi connectivity index (χ4v) is 7.38. The Morgan fingerprint density at radius 3 is 2.50 bits per heavy atom. The minimum absolute atomic E-state index is 0.302. The summed E-state index contributed by atoms with van der Waals surface area (Å²) in [7, 11) is 0. The van der Waals surface area contributed by atoms with Gasteiger partial charge in [-0.1, -0.05) is 13.8 Å². The van der Waals surface area contributed by atoms with Crippen molar-refractivity contribution in [2.75, 3.05) is 0 Å². The molecule has 4 fully saturated rings. The Kier molecular flexibility index (Phi) is 2.70. The second kappa shape index (κ2) is 4.07. The van der Waals surface area contributed by atoms with Crippen molar-refractivity contribution in [3.05, 3.63) is 16.6 Å². The van der Waals surface area contributed by atoms with Crippen LogP contribution in [0.25, 0.3) is 0 Å². The van der Waals surface area contributed by atoms with E-state index in [0.29, 0.717) is 22.3 Å². The Balaban J connectivity index is 1.63. The second-order valence-electron chi connectivity index (χ2n) is 8.73. The van der Waals surface area contributed by atoms with Crippen molar-refractivity contribution in [1.29, 1.82) is 0 Å². The average Bonchev–Trinajstić information content (AvgIpc) is 2.76. The van der Waals surface area contributed by atoms with E-state index in [1.54, 1.807) is 11.3 Å². The molecule has 0 amide bonds. The van der Waals surface area contributed by atoms with Gasteiger partial charge < -0.3 is 5.73 Å². The zero-order valence-electron chi connectivity index (χ0n) is 12.7. The van der Waals surface area contributed by atoms with Gasteiger partial charge in [0.2, 0.25) is 0 Å². The molecule has 0 saturated heterocycles. The number of aromatic nitrogens is 1. The molecule has 0 radical (unpaired) electrons. The molecule has 3 unspecified atom stereocenters. The largest absolute Gasteiger partial charge is 0.327 e. The van der Waals surface area contributed by atoms with Gasteiger partial charge in [0.25, 0.3) is 0 Å². The van der Waals surface area contributed by atoms with Gasteiger partial charge in [-0.25, -0.2) is 4.98 Å². The minimum Gasteiger partial charge on any atom is -0.327 e. The van der Waals surface area contributed by atoms with Crippen LogP contribution in [0.15, 0.2) is 11.6 Å². The van der Waals surface area contributed by atoms with Crippen molar-refractivity contribution in [2.24, 2.45) is 27.9 Å². The van der Waals surface area contributed by atoms with Gasteiger partial charge in [0.15, 0.2) is 0 Å². The third kappa shape index (κ3) is 1.97. The third-order valence-corrected chi connectivity index (χ3v) is 7.14. The quantitative estimate of drug-likeness (QED) is 0.913. The smallest absolute Gasteiger partial charge is 0.0940 e. The highest BCUT2D eigenvalue weighted by atomic mass is 32.1. The standard InChI is InChI=1S/C17H26N2S/c1-15-6-12-7-16(2,9-15)11-17(8-12,10-15)13(18)5-14-19-3-4-20-14/h3-4,12-13H,5-11,18H2,1-2H3. The van der Waals surface area contributed by atoms with Gasteiger partial charge in [-0.3, -0.25) is 0 Å². The van der Waals surface area contributed by atoms with Crippen LogP contribution in [0.2, 0.25) is 0 Å². The molecule has 20 heavy (non-hydrogen) atoms. The first kappa shape index (κ1) is 13.3. The zero-order valence-corrected chi connectivity index (χ0v) is 13.5. The summed E-state index contributed by atoms with van der Waals surface area (Å²) in [5, 5.41) is 3.30. The molecular weight excluding hydrogens is 264 g/mol. The van der Waals surface area contributed by atoms with Crippen LogP contribution >= 0.6 is 11.3 Å². The summed E-state index contributed by atoms with van der Waals surface area (Å²) in [6.45, 7) is 5.06. The van der Waals surface area contributed by atoms with Crippen molar-refractivity contribution in [3.63, 3.8) is 0 Å². The van der Waals surface area contributed by atoms with Crippen LogP contribution in [-0.4, -0.2) is 11.0 Å². The molecule has 3 atom stereocenters. The van der Waals surface area contributed by atoms with Crippen LogP contribution in [0.4, 0.5) is 0 Å². The highest BCUT2D eigenvalue weighted by molar-refractivity contribution is 7.09. The van der Waals surface area contributed by atoms with E-state index in [2.05, 4.69) is 24.2 Å². The lowest BCUT2D eigenvalue weighted by molar-refractivity contribution is -0.153. The van der Waals surface area contributed by atoms with E-state index in [-0.39, 0.29) is 0 Å². The number of nitrogens with zero attached hydrogens (tertiary/aromatic N) is 1. The van der Waals surface area contributed by atoms with E-state index < -0.39 is 0 Å². The van der Waals surface area contributed by atoms with E-state index in [9.17, 15) is 0 Å². The third-order valence-electron chi connectivity index (χ3n) is 6.33. The van der Waals surface area contributed by atoms with Crippen molar-refractivity contribution in [2.45, 2.75) is 64.8 Å². The van der Waals surface area contributed by atoms with Crippen molar-refractivity contribution < 1.29 is 0 Å². The molecule has 4 aliphatic rings. The summed E-state index contributed by atoms with van der Waals surface area (Å²) >= 11 is 1.76. The maximum atomic E-state index is 6.75. The molecule has 0 aliphatic heterocycles. The normalized spacial score (nSPS) is 47.6. The van der Waals surface area contributed by atoms with Crippen molar-refractivity contribution >= 4 is 11.3 Å². The average molecular weight is 290 g/mol. The summed E-state index contributed by atoms with van der Waals surface area (Å²) in [6, 6.07) is 0.302. The topological polar surface area (TPSA) is 38.9 Å². The summed E-state index contributed by atoms with van der Waals surface area (Å²) in [5.41, 5.74) is 8.27. The number of thiazole rings is 1. The van der Waals surface area contributed by atoms with Gasteiger partial charge in [0.05, 0.1) is 5.01 Å². The Morgan fingerprint density at radius 1 is 1.25 bits per heavy atom. The molecule has 4 bridgehead atoms. The van der Waals surface area contributed by atoms with E-state index in [1.165, 1.54) is 43.5 Å². The maximum Gasteiger partial charge on any atom is 0.0940 e. The molecule has 3 heteroatoms. The molecule has 0 aromatic carbocycles. The van der Waals surface area contributed by atoms with E-state index in [0.717, 1.165) is 12.3 Å². The monoisotopic (exact) mass is 290 g/mol. The number of hydrogen-bond acceptors (Lipinski definition) is 3. The van der Waals surface area contributed by atoms with Crippen molar-refractivity contribution in [3.8, 4) is 0 Å². The van der Waals surface area contributed by atoms with Crippen molar-refractivity contribution in [1.82, 2.24) is 4.98 Å². The number of nitrogens with two attached hydrogens (primary N) is 1. The Morgan fingerprint density at radius 2 is 1.95 bits per heavy atom. The summed E-state index contributed by atoms with van der Waals surface area (Å²) in [5.74, 6) is 0.934. The van der Waals surface area contributed by atoms with Crippen LogP contribution in [0.5, 0.6) is 0 Å². The molecule has 1 aromatic heterocycles. The first-order valence-electron chi connectivity index (χ1n) is 8.05. The first-order valence-corrected chi connectivity index (χ1v) is 8.93. The highest BCUT2D eigenvalue weighted by Gasteiger charge is 2.61. The lowest BCUT2D eigenvalue weighted by Crippen LogP contribution is -2.61. The predicted octanol–water partition coefficient (Wildman–Crippen LogP) is 4.01. The molecule has 2 N–H and O–H groups in total. The minimum atomic E-state index is 0.302. The molecular formula is C17H26N2S. The maximum absolute atomic E-state index is 6.75. The first-order chi connectivity index (χ1) is 9.41. The Hall–Kier alpha value is -0.410. The fraction of sp³-hybridized carbons (Fsp3) is 0.824. The second-order valence-corrected chi connectivity index (χ2v) is 9.71. The molecule has 5 rings (SSSR count). The van der Waals surface area contributed by atoms with Crippen LogP contribution in [0.3, 0.4) is 0 Å². The van der Waals surface area contributed by atoms with Crippen LogP contribution in [0, 0.1) is 22.2 Å². The SMILES string of the molecule is CC12CC3CC(C)(C1)CC(C(N)Cc1nccs1)(C3)C2. The molecule has 4 saturated carbocycles. The summed E-state index contributed by atoms with van der Waals surface area (Å²) < 4.78 is 0. The highest BCUT2D eigenvalue weighted by Crippen LogP contribution is 2.70. The molecule has 110 valence electrons. The van der Waals surface area contributed by atoms with E-state index in [4.69, 9.17) is 5.73 Å². The number of rotatable bonds is 3. The molecule has 4 aliphatic carbocycles. The van der Waals surface area contributed by atoms with Crippen LogP contribution < -0.4 is 5.73 Å². The molecule has 2 nitrogen and oxygen atoms in total. The molecule has 0 spiro atoms. The Labute approximate surface area is 126 Å². The summed E-state index contributed by atoms with van der Waals surface area (Å²) in [4.78, 5) is 4.46.